The third-order valence-electron chi connectivity index (χ3n) is 12.0. The van der Waals surface area contributed by atoms with Crippen LogP contribution < -0.4 is 0 Å². The average molecular weight is 912 g/mol. The molecular weight excluding hydrogens is 849 g/mol. The Kier molecular flexibility index (Phi) is 6.93. The van der Waals surface area contributed by atoms with E-state index in [1.165, 1.54) is 34.5 Å². The molecule has 2 aliphatic rings. The topological polar surface area (TPSA) is 38.9 Å². The van der Waals surface area contributed by atoms with Crippen molar-refractivity contribution in [3.8, 4) is 22.5 Å². The van der Waals surface area contributed by atoms with Crippen LogP contribution in [-0.2, 0) is 50.1 Å². The van der Waals surface area contributed by atoms with E-state index < -0.39 is 32.3 Å². The van der Waals surface area contributed by atoms with Crippen molar-refractivity contribution in [2.45, 2.75) is 99.1 Å². The van der Waals surface area contributed by atoms with Gasteiger partial charge in [-0.05, 0) is 101 Å². The van der Waals surface area contributed by atoms with E-state index in [1.807, 2.05) is 36.4 Å². The molecule has 3 aromatic heterocycles. The molecule has 1 radical (unpaired) electrons. The first-order chi connectivity index (χ1) is 30.0. The molecule has 0 unspecified atom stereocenters. The number of para-hydroxylation sites is 1. The number of pyridine rings is 2. The van der Waals surface area contributed by atoms with Crippen LogP contribution >= 0.6 is 0 Å². The van der Waals surface area contributed by atoms with Gasteiger partial charge in [0.25, 0.3) is 0 Å². The minimum Gasteiger partial charge on any atom is -0.501 e. The van der Waals surface area contributed by atoms with Gasteiger partial charge in [-0.25, -0.2) is 0 Å². The van der Waals surface area contributed by atoms with Gasteiger partial charge in [-0.2, -0.15) is 0 Å². The molecule has 0 atom stereocenters. The fourth-order valence-electron chi connectivity index (χ4n) is 9.22. The predicted molar refractivity (Wildman–Crippen MR) is 224 cm³/mol. The second kappa shape index (κ2) is 14.0. The van der Waals surface area contributed by atoms with Crippen molar-refractivity contribution in [1.82, 2.24) is 9.97 Å². The first-order valence-corrected chi connectivity index (χ1v) is 18.5. The molecule has 283 valence electrons. The van der Waals surface area contributed by atoms with Crippen molar-refractivity contribution < 1.29 is 39.6 Å². The van der Waals surface area contributed by atoms with Gasteiger partial charge in [0.15, 0.2) is 0 Å². The second-order valence-electron chi connectivity index (χ2n) is 16.9. The second-order valence-corrected chi connectivity index (χ2v) is 16.9. The van der Waals surface area contributed by atoms with Crippen LogP contribution in [0.4, 0.5) is 0 Å². The Bertz CT molecular complexity index is 2970. The SMILES string of the molecule is [2H]C([2H])([2H])c1cnc(-c2[c-]ccc3c2C(C)(C)C2(Cc4ccccc4C2)C3(C)C)cc1C([2H])([2H])C(C)(C)C.[2H]C([2H])([2H])c1cnc(-c2[c-]ccc3c2oc2ccccc23)cc1C([2H])([2H])[2H].[Ir]. The van der Waals surface area contributed by atoms with Crippen LogP contribution in [0.1, 0.15) is 108 Å². The van der Waals surface area contributed by atoms with Crippen LogP contribution in [0, 0.1) is 43.5 Å². The summed E-state index contributed by atoms with van der Waals surface area (Å²) in [5.74, 6) is 0. The van der Waals surface area contributed by atoms with Gasteiger partial charge in [0.05, 0.1) is 5.58 Å². The van der Waals surface area contributed by atoms with Crippen LogP contribution in [0.2, 0.25) is 0 Å². The summed E-state index contributed by atoms with van der Waals surface area (Å²) in [6.07, 6.45) is 2.57. The third-order valence-corrected chi connectivity index (χ3v) is 12.0. The number of nitrogens with zero attached hydrogens (tertiary/aromatic N) is 2. The third kappa shape index (κ3) is 6.40. The van der Waals surface area contributed by atoms with Gasteiger partial charge in [-0.3, -0.25) is 0 Å². The van der Waals surface area contributed by atoms with E-state index in [0.717, 1.165) is 35.4 Å². The van der Waals surface area contributed by atoms with Crippen LogP contribution in [0.15, 0.2) is 102 Å². The fourth-order valence-corrected chi connectivity index (χ4v) is 9.22. The maximum Gasteiger partial charge on any atom is 0.120 e. The van der Waals surface area contributed by atoms with Gasteiger partial charge in [0.2, 0.25) is 0 Å². The Labute approximate surface area is 356 Å². The number of hydrogen-bond acceptors (Lipinski definition) is 3. The molecule has 0 fully saturated rings. The minimum absolute atomic E-state index is 0. The van der Waals surface area contributed by atoms with E-state index in [0.29, 0.717) is 28.1 Å². The molecule has 0 saturated carbocycles. The smallest absolute Gasteiger partial charge is 0.120 e. The summed E-state index contributed by atoms with van der Waals surface area (Å²) in [4.78, 5) is 8.87. The summed E-state index contributed by atoms with van der Waals surface area (Å²) < 4.78 is 94.1. The first-order valence-electron chi connectivity index (χ1n) is 24.0. The number of rotatable bonds is 3. The molecule has 2 aliphatic carbocycles. The standard InChI is InChI=1S/C32H38N.C19H14NO.Ir/c1-21-20-33-27(16-24(21)17-29(2,3)4)25-14-11-15-26-28(25)31(7,8)32(30(26,5)6)18-22-12-9-10-13-23(22)19-32;1-12-10-17(20-11-13(12)2)16-8-5-7-15-14-6-3-4-9-18(14)21-19(15)16;/h9-13,15-16,20H,17-19H2,1-8H3;3-7,9-11H,1-2H3;/q2*-1;/i1D3,17D2;1D3,2D3;. The Morgan fingerprint density at radius 3 is 2.04 bits per heavy atom. The summed E-state index contributed by atoms with van der Waals surface area (Å²) in [5, 5.41) is 1.79. The van der Waals surface area contributed by atoms with E-state index in [2.05, 4.69) is 80.1 Å². The maximum atomic E-state index is 8.98. The van der Waals surface area contributed by atoms with Crippen molar-refractivity contribution in [3.05, 3.63) is 154 Å². The van der Waals surface area contributed by atoms with Crippen molar-refractivity contribution in [2.75, 3.05) is 0 Å². The fraction of sp³-hybridized carbons (Fsp3) is 0.333. The van der Waals surface area contributed by atoms with Gasteiger partial charge in [-0.1, -0.05) is 125 Å². The molecule has 3 heterocycles. The molecule has 0 bridgehead atoms. The molecule has 9 rings (SSSR count). The largest absolute Gasteiger partial charge is 0.501 e. The average Bonchev–Trinajstić information content (AvgIpc) is 3.86. The molecule has 55 heavy (non-hydrogen) atoms. The molecule has 1 spiro atoms. The van der Waals surface area contributed by atoms with Gasteiger partial charge in [-0.15, -0.1) is 53.1 Å². The monoisotopic (exact) mass is 912 g/mol. The number of benzene rings is 4. The van der Waals surface area contributed by atoms with E-state index >= 15 is 0 Å². The maximum absolute atomic E-state index is 8.98. The van der Waals surface area contributed by atoms with E-state index in [-0.39, 0.29) is 58.6 Å². The first kappa shape index (κ1) is 27.3. The Balaban J connectivity index is 0.000000204. The van der Waals surface area contributed by atoms with Crippen molar-refractivity contribution in [3.63, 3.8) is 0 Å². The molecule has 0 saturated heterocycles. The van der Waals surface area contributed by atoms with Crippen molar-refractivity contribution in [2.24, 2.45) is 10.8 Å². The molecule has 3 nitrogen and oxygen atoms in total. The number of aryl methyl sites for hydroxylation is 3. The van der Waals surface area contributed by atoms with Gasteiger partial charge in [0, 0.05) is 53.0 Å². The number of aromatic nitrogens is 2. The number of furan rings is 1. The van der Waals surface area contributed by atoms with E-state index in [4.69, 9.17) is 19.5 Å². The van der Waals surface area contributed by atoms with Crippen molar-refractivity contribution in [1.29, 1.82) is 0 Å². The molecule has 4 aromatic carbocycles. The summed E-state index contributed by atoms with van der Waals surface area (Å²) in [5.41, 5.74) is 7.14. The number of fused-ring (bicyclic) bond motifs is 5. The van der Waals surface area contributed by atoms with Crippen LogP contribution in [0.25, 0.3) is 44.5 Å². The van der Waals surface area contributed by atoms with E-state index in [1.54, 1.807) is 32.9 Å². The zero-order chi connectivity index (χ0) is 47.5. The predicted octanol–water partition coefficient (Wildman–Crippen LogP) is 12.9. The van der Waals surface area contributed by atoms with E-state index in [9.17, 15) is 0 Å². The van der Waals surface area contributed by atoms with Gasteiger partial charge < -0.3 is 14.4 Å². The molecule has 0 aliphatic heterocycles. The van der Waals surface area contributed by atoms with Crippen LogP contribution in [0.3, 0.4) is 0 Å². The van der Waals surface area contributed by atoms with Crippen molar-refractivity contribution >= 4 is 21.9 Å². The Morgan fingerprint density at radius 2 is 1.35 bits per heavy atom. The number of hydrogen-bond donors (Lipinski definition) is 0. The minimum atomic E-state index is -2.58. The molecule has 0 N–H and O–H groups in total. The summed E-state index contributed by atoms with van der Waals surface area (Å²) in [6, 6.07) is 33.5. The van der Waals surface area contributed by atoms with Crippen LogP contribution in [-0.4, -0.2) is 9.97 Å². The molecule has 0 amide bonds. The van der Waals surface area contributed by atoms with Gasteiger partial charge in [0.1, 0.15) is 5.58 Å². The van der Waals surface area contributed by atoms with Gasteiger partial charge >= 0.3 is 0 Å². The molecule has 7 aromatic rings. The Hall–Kier alpha value is -4.37. The molecule has 4 heteroatoms. The summed E-state index contributed by atoms with van der Waals surface area (Å²) in [6.45, 7) is 7.15. The van der Waals surface area contributed by atoms with Crippen LogP contribution in [0.5, 0.6) is 0 Å². The normalized spacial score (nSPS) is 19.9. The quantitative estimate of drug-likeness (QED) is 0.166. The zero-order valence-corrected chi connectivity index (χ0v) is 34.7. The summed E-state index contributed by atoms with van der Waals surface area (Å²) in [7, 11) is 0. The molecular formula is C51H52IrN2O-2. The zero-order valence-electron chi connectivity index (χ0n) is 43.3. The Morgan fingerprint density at radius 1 is 0.727 bits per heavy atom. The summed E-state index contributed by atoms with van der Waals surface area (Å²) >= 11 is 0.